The lowest BCUT2D eigenvalue weighted by Gasteiger charge is -2.32. The predicted octanol–water partition coefficient (Wildman–Crippen LogP) is 0.860. The first-order valence-corrected chi connectivity index (χ1v) is 7.42. The van der Waals surface area contributed by atoms with Gasteiger partial charge in [0.1, 0.15) is 4.83 Å². The van der Waals surface area contributed by atoms with Crippen molar-refractivity contribution in [2.24, 2.45) is 5.84 Å². The number of aryl methyl sites for hydroxylation is 1. The second-order valence-electron chi connectivity index (χ2n) is 5.02. The highest BCUT2D eigenvalue weighted by molar-refractivity contribution is 7.18. The van der Waals surface area contributed by atoms with Crippen LogP contribution in [0.5, 0.6) is 0 Å². The SMILES string of the molecule is Cc1cc2c(NN3CCN(C)CC3)nc(NN)nc2s1. The number of nitrogens with one attached hydrogen (secondary N) is 2. The minimum atomic E-state index is 0.441. The third kappa shape index (κ3) is 2.68. The van der Waals surface area contributed by atoms with Crippen molar-refractivity contribution in [3.63, 3.8) is 0 Å². The first kappa shape index (κ1) is 13.5. The molecule has 3 heterocycles. The molecule has 0 saturated carbocycles. The van der Waals surface area contributed by atoms with E-state index in [1.165, 1.54) is 4.88 Å². The maximum atomic E-state index is 5.45. The molecule has 2 aromatic heterocycles. The summed E-state index contributed by atoms with van der Waals surface area (Å²) in [4.78, 5) is 13.3. The number of aromatic nitrogens is 2. The minimum Gasteiger partial charge on any atom is -0.304 e. The van der Waals surface area contributed by atoms with Gasteiger partial charge in [-0.05, 0) is 20.0 Å². The highest BCUT2D eigenvalue weighted by atomic mass is 32.1. The number of hydrogen-bond donors (Lipinski definition) is 3. The van der Waals surface area contributed by atoms with Crippen LogP contribution in [-0.4, -0.2) is 53.1 Å². The van der Waals surface area contributed by atoms with E-state index in [0.29, 0.717) is 5.95 Å². The molecule has 7 nitrogen and oxygen atoms in total. The number of fused-ring (bicyclic) bond motifs is 1. The summed E-state index contributed by atoms with van der Waals surface area (Å²) in [6.07, 6.45) is 0. The van der Waals surface area contributed by atoms with E-state index in [-0.39, 0.29) is 0 Å². The van der Waals surface area contributed by atoms with E-state index in [1.807, 2.05) is 0 Å². The number of thiophene rings is 1. The summed E-state index contributed by atoms with van der Waals surface area (Å²) in [7, 11) is 2.14. The predicted molar refractivity (Wildman–Crippen MR) is 82.7 cm³/mol. The number of piperazine rings is 1. The van der Waals surface area contributed by atoms with Crippen LogP contribution in [-0.2, 0) is 0 Å². The first-order chi connectivity index (χ1) is 9.65. The topological polar surface area (TPSA) is 82.3 Å². The molecule has 0 radical (unpaired) electrons. The Labute approximate surface area is 121 Å². The van der Waals surface area contributed by atoms with Crippen molar-refractivity contribution < 1.29 is 0 Å². The van der Waals surface area contributed by atoms with Gasteiger partial charge in [0, 0.05) is 31.1 Å². The number of nitrogens with zero attached hydrogens (tertiary/aromatic N) is 4. The van der Waals surface area contributed by atoms with E-state index >= 15 is 0 Å². The molecule has 1 fully saturated rings. The van der Waals surface area contributed by atoms with Gasteiger partial charge in [0.05, 0.1) is 5.39 Å². The average molecular weight is 293 g/mol. The Morgan fingerprint density at radius 3 is 2.70 bits per heavy atom. The monoisotopic (exact) mass is 293 g/mol. The smallest absolute Gasteiger partial charge is 0.240 e. The number of hydrogen-bond acceptors (Lipinski definition) is 8. The van der Waals surface area contributed by atoms with Gasteiger partial charge in [0.2, 0.25) is 5.95 Å². The third-order valence-electron chi connectivity index (χ3n) is 3.41. The maximum absolute atomic E-state index is 5.45. The third-order valence-corrected chi connectivity index (χ3v) is 4.36. The van der Waals surface area contributed by atoms with Gasteiger partial charge in [0.15, 0.2) is 5.82 Å². The number of nitrogen functional groups attached to an aromatic ring is 1. The van der Waals surface area contributed by atoms with Crippen LogP contribution in [0.15, 0.2) is 6.07 Å². The first-order valence-electron chi connectivity index (χ1n) is 6.60. The standard InChI is InChI=1S/C12H19N7S/c1-8-7-9-10(14-12(16-13)15-11(9)20-8)17-19-5-3-18(2)4-6-19/h7H,3-6,13H2,1-2H3,(H2,14,15,16,17). The molecule has 0 atom stereocenters. The van der Waals surface area contributed by atoms with E-state index in [2.05, 4.69) is 50.8 Å². The van der Waals surface area contributed by atoms with Gasteiger partial charge in [0.25, 0.3) is 0 Å². The number of anilines is 2. The summed E-state index contributed by atoms with van der Waals surface area (Å²) in [5.74, 6) is 6.71. The van der Waals surface area contributed by atoms with Crippen molar-refractivity contribution in [1.82, 2.24) is 19.9 Å². The Morgan fingerprint density at radius 1 is 1.25 bits per heavy atom. The molecule has 1 saturated heterocycles. The molecule has 0 amide bonds. The largest absolute Gasteiger partial charge is 0.304 e. The van der Waals surface area contributed by atoms with Crippen LogP contribution < -0.4 is 16.7 Å². The van der Waals surface area contributed by atoms with Gasteiger partial charge in [-0.3, -0.25) is 5.43 Å². The molecule has 0 spiro atoms. The van der Waals surface area contributed by atoms with Crippen molar-refractivity contribution >= 4 is 33.3 Å². The Morgan fingerprint density at radius 2 is 2.00 bits per heavy atom. The van der Waals surface area contributed by atoms with E-state index in [1.54, 1.807) is 11.3 Å². The Bertz CT molecular complexity index is 603. The molecule has 1 aliphatic rings. The summed E-state index contributed by atoms with van der Waals surface area (Å²) < 4.78 is 0. The molecule has 4 N–H and O–H groups in total. The van der Waals surface area contributed by atoms with Crippen molar-refractivity contribution in [2.45, 2.75) is 6.92 Å². The fourth-order valence-electron chi connectivity index (χ4n) is 2.26. The molecule has 1 aliphatic heterocycles. The highest BCUT2D eigenvalue weighted by Gasteiger charge is 2.16. The average Bonchev–Trinajstić information content (AvgIpc) is 2.81. The van der Waals surface area contributed by atoms with Gasteiger partial charge in [-0.1, -0.05) is 0 Å². The highest BCUT2D eigenvalue weighted by Crippen LogP contribution is 2.29. The van der Waals surface area contributed by atoms with Gasteiger partial charge in [-0.2, -0.15) is 4.98 Å². The van der Waals surface area contributed by atoms with Gasteiger partial charge >= 0.3 is 0 Å². The second-order valence-corrected chi connectivity index (χ2v) is 6.25. The summed E-state index contributed by atoms with van der Waals surface area (Å²) in [6.45, 7) is 6.10. The van der Waals surface area contributed by atoms with Crippen LogP contribution >= 0.6 is 11.3 Å². The van der Waals surface area contributed by atoms with Crippen LogP contribution in [0.3, 0.4) is 0 Å². The van der Waals surface area contributed by atoms with Crippen LogP contribution in [0, 0.1) is 6.92 Å². The number of hydrazine groups is 2. The molecule has 2 aromatic rings. The molecular formula is C12H19N7S. The van der Waals surface area contributed by atoms with Crippen LogP contribution in [0.2, 0.25) is 0 Å². The molecule has 8 heteroatoms. The summed E-state index contributed by atoms with van der Waals surface area (Å²) in [5, 5.41) is 3.24. The summed E-state index contributed by atoms with van der Waals surface area (Å²) in [6, 6.07) is 2.11. The second kappa shape index (κ2) is 5.49. The van der Waals surface area contributed by atoms with Gasteiger partial charge in [-0.25, -0.2) is 15.8 Å². The van der Waals surface area contributed by atoms with E-state index < -0.39 is 0 Å². The lowest BCUT2D eigenvalue weighted by molar-refractivity contribution is 0.178. The van der Waals surface area contributed by atoms with Gasteiger partial charge < -0.3 is 10.3 Å². The molecule has 0 aromatic carbocycles. The molecular weight excluding hydrogens is 274 g/mol. The number of nitrogens with two attached hydrogens (primary N) is 1. The zero-order chi connectivity index (χ0) is 14.1. The number of likely N-dealkylation sites (N-methyl/N-ethyl adjacent to an activating group) is 1. The van der Waals surface area contributed by atoms with E-state index in [4.69, 9.17) is 5.84 Å². The lowest BCUT2D eigenvalue weighted by Crippen LogP contribution is -2.47. The Balaban J connectivity index is 1.89. The molecule has 0 unspecified atom stereocenters. The Hall–Kier alpha value is -1.48. The normalized spacial score (nSPS) is 17.6. The van der Waals surface area contributed by atoms with E-state index in [9.17, 15) is 0 Å². The quantitative estimate of drug-likeness (QED) is 0.572. The summed E-state index contributed by atoms with van der Waals surface area (Å²) in [5.41, 5.74) is 5.93. The van der Waals surface area contributed by atoms with Crippen LogP contribution in [0.1, 0.15) is 4.88 Å². The van der Waals surface area contributed by atoms with Crippen molar-refractivity contribution in [1.29, 1.82) is 0 Å². The lowest BCUT2D eigenvalue weighted by atomic mass is 10.3. The zero-order valence-corrected chi connectivity index (χ0v) is 12.5. The maximum Gasteiger partial charge on any atom is 0.240 e. The number of rotatable bonds is 3. The zero-order valence-electron chi connectivity index (χ0n) is 11.7. The van der Waals surface area contributed by atoms with Crippen LogP contribution in [0.4, 0.5) is 11.8 Å². The Kier molecular flexibility index (Phi) is 3.70. The molecule has 20 heavy (non-hydrogen) atoms. The van der Waals surface area contributed by atoms with Crippen molar-refractivity contribution in [3.8, 4) is 0 Å². The molecule has 108 valence electrons. The van der Waals surface area contributed by atoms with Crippen molar-refractivity contribution in [3.05, 3.63) is 10.9 Å². The molecule has 0 aliphatic carbocycles. The van der Waals surface area contributed by atoms with Crippen LogP contribution in [0.25, 0.3) is 10.2 Å². The summed E-state index contributed by atoms with van der Waals surface area (Å²) >= 11 is 1.64. The van der Waals surface area contributed by atoms with E-state index in [0.717, 1.165) is 42.2 Å². The molecule has 0 bridgehead atoms. The van der Waals surface area contributed by atoms with Gasteiger partial charge in [-0.15, -0.1) is 11.3 Å². The minimum absolute atomic E-state index is 0.441. The molecule has 3 rings (SSSR count). The fraction of sp³-hybridized carbons (Fsp3) is 0.500. The van der Waals surface area contributed by atoms with Crippen molar-refractivity contribution in [2.75, 3.05) is 44.1 Å². The fourth-order valence-corrected chi connectivity index (χ4v) is 3.14.